The van der Waals surface area contributed by atoms with Crippen LogP contribution in [0.2, 0.25) is 0 Å². The summed E-state index contributed by atoms with van der Waals surface area (Å²) >= 11 is 3.70. The first kappa shape index (κ1) is 11.2. The highest BCUT2D eigenvalue weighted by Crippen LogP contribution is 2.25. The first-order chi connectivity index (χ1) is 6.13. The average Bonchev–Trinajstić information content (AvgIpc) is 2.17. The first-order valence-electron chi connectivity index (χ1n) is 4.59. The van der Waals surface area contributed by atoms with E-state index in [9.17, 15) is 4.79 Å². The van der Waals surface area contributed by atoms with Crippen molar-refractivity contribution in [3.8, 4) is 0 Å². The number of carbonyl (C=O) groups excluding carboxylic acids is 1. The number of nitrogens with zero attached hydrogens (tertiary/aromatic N) is 1. The molecule has 1 rings (SSSR count). The summed E-state index contributed by atoms with van der Waals surface area (Å²) in [6.45, 7) is 4.11. The van der Waals surface area contributed by atoms with Gasteiger partial charge in [-0.25, -0.2) is 0 Å². The third kappa shape index (κ3) is 3.09. The summed E-state index contributed by atoms with van der Waals surface area (Å²) in [5.74, 6) is 3.60. The molecule has 0 saturated carbocycles. The van der Waals surface area contributed by atoms with Gasteiger partial charge in [0.2, 0.25) is 5.91 Å². The van der Waals surface area contributed by atoms with Gasteiger partial charge in [-0.15, -0.1) is 11.8 Å². The van der Waals surface area contributed by atoms with Crippen molar-refractivity contribution in [2.45, 2.75) is 25.1 Å². The van der Waals surface area contributed by atoms with Crippen LogP contribution in [0.4, 0.5) is 0 Å². The quantitative estimate of drug-likeness (QED) is 0.705. The van der Waals surface area contributed by atoms with E-state index in [4.69, 9.17) is 0 Å². The van der Waals surface area contributed by atoms with E-state index in [1.54, 1.807) is 11.8 Å². The molecule has 0 aliphatic carbocycles. The van der Waals surface area contributed by atoms with E-state index in [0.29, 0.717) is 11.9 Å². The molecule has 0 bridgehead atoms. The van der Waals surface area contributed by atoms with Crippen molar-refractivity contribution in [1.82, 2.24) is 4.90 Å². The number of thioether (sulfide) groups is 2. The second kappa shape index (κ2) is 5.15. The van der Waals surface area contributed by atoms with Crippen molar-refractivity contribution < 1.29 is 4.79 Å². The molecule has 1 aliphatic heterocycles. The Balaban J connectivity index is 2.45. The Hall–Kier alpha value is 0.170. The van der Waals surface area contributed by atoms with Gasteiger partial charge in [0.1, 0.15) is 0 Å². The summed E-state index contributed by atoms with van der Waals surface area (Å²) in [6.07, 6.45) is 0. The minimum Gasteiger partial charge on any atom is -0.342 e. The maximum absolute atomic E-state index is 11.8. The Morgan fingerprint density at radius 1 is 1.46 bits per heavy atom. The van der Waals surface area contributed by atoms with Crippen LogP contribution in [-0.4, -0.2) is 46.4 Å². The topological polar surface area (TPSA) is 20.3 Å². The standard InChI is InChI=1S/C9H17NOS2/c1-7(2)10(3)9(11)8-6-12-4-5-13-8/h7-8H,4-6H2,1-3H3. The Morgan fingerprint density at radius 3 is 2.62 bits per heavy atom. The lowest BCUT2D eigenvalue weighted by molar-refractivity contribution is -0.130. The molecule has 4 heteroatoms. The molecule has 76 valence electrons. The average molecular weight is 219 g/mol. The zero-order valence-electron chi connectivity index (χ0n) is 8.45. The molecule has 0 aromatic rings. The van der Waals surface area contributed by atoms with E-state index in [2.05, 4.69) is 13.8 Å². The van der Waals surface area contributed by atoms with Crippen molar-refractivity contribution in [2.75, 3.05) is 24.3 Å². The summed E-state index contributed by atoms with van der Waals surface area (Å²) in [5, 5.41) is 0.200. The summed E-state index contributed by atoms with van der Waals surface area (Å²) in [6, 6.07) is 0.319. The Kier molecular flexibility index (Phi) is 4.46. The summed E-state index contributed by atoms with van der Waals surface area (Å²) < 4.78 is 0. The van der Waals surface area contributed by atoms with E-state index < -0.39 is 0 Å². The van der Waals surface area contributed by atoms with Gasteiger partial charge in [-0.1, -0.05) is 0 Å². The number of hydrogen-bond acceptors (Lipinski definition) is 3. The molecule has 1 heterocycles. The normalized spacial score (nSPS) is 23.2. The van der Waals surface area contributed by atoms with E-state index in [0.717, 1.165) is 11.5 Å². The zero-order valence-corrected chi connectivity index (χ0v) is 10.1. The van der Waals surface area contributed by atoms with Crippen molar-refractivity contribution in [2.24, 2.45) is 0 Å². The molecule has 0 radical (unpaired) electrons. The SMILES string of the molecule is CC(C)N(C)C(=O)C1CSCCS1. The largest absolute Gasteiger partial charge is 0.342 e. The van der Waals surface area contributed by atoms with Crippen LogP contribution in [0.25, 0.3) is 0 Å². The molecule has 0 aromatic carbocycles. The van der Waals surface area contributed by atoms with Gasteiger partial charge in [0, 0.05) is 30.3 Å². The summed E-state index contributed by atoms with van der Waals surface area (Å²) in [4.78, 5) is 13.7. The molecule has 1 aliphatic rings. The van der Waals surface area contributed by atoms with Crippen LogP contribution in [0.3, 0.4) is 0 Å². The molecular formula is C9H17NOS2. The fraction of sp³-hybridized carbons (Fsp3) is 0.889. The lowest BCUT2D eigenvalue weighted by Gasteiger charge is -2.28. The van der Waals surface area contributed by atoms with Gasteiger partial charge in [0.05, 0.1) is 5.25 Å². The molecule has 1 saturated heterocycles. The van der Waals surface area contributed by atoms with Crippen LogP contribution < -0.4 is 0 Å². The molecule has 1 amide bonds. The van der Waals surface area contributed by atoms with Gasteiger partial charge in [-0.3, -0.25) is 4.79 Å². The Labute approximate surface area is 88.8 Å². The lowest BCUT2D eigenvalue weighted by atomic mass is 10.3. The van der Waals surface area contributed by atoms with Gasteiger partial charge >= 0.3 is 0 Å². The molecule has 2 nitrogen and oxygen atoms in total. The summed E-state index contributed by atoms with van der Waals surface area (Å²) in [7, 11) is 1.90. The Morgan fingerprint density at radius 2 is 2.15 bits per heavy atom. The minimum absolute atomic E-state index is 0.200. The van der Waals surface area contributed by atoms with Gasteiger partial charge < -0.3 is 4.90 Å². The predicted octanol–water partition coefficient (Wildman–Crippen LogP) is 1.70. The van der Waals surface area contributed by atoms with Crippen LogP contribution in [-0.2, 0) is 4.79 Å². The molecule has 13 heavy (non-hydrogen) atoms. The van der Waals surface area contributed by atoms with Gasteiger partial charge in [0.15, 0.2) is 0 Å². The summed E-state index contributed by atoms with van der Waals surface area (Å²) in [5.41, 5.74) is 0. The number of carbonyl (C=O) groups is 1. The number of rotatable bonds is 2. The van der Waals surface area contributed by atoms with Crippen molar-refractivity contribution in [3.63, 3.8) is 0 Å². The fourth-order valence-electron chi connectivity index (χ4n) is 1.11. The lowest BCUT2D eigenvalue weighted by Crippen LogP contribution is -2.41. The Bertz CT molecular complexity index is 178. The highest BCUT2D eigenvalue weighted by atomic mass is 32.2. The maximum atomic E-state index is 11.8. The zero-order chi connectivity index (χ0) is 9.84. The smallest absolute Gasteiger partial charge is 0.236 e. The second-order valence-electron chi connectivity index (χ2n) is 3.48. The fourth-order valence-corrected chi connectivity index (χ4v) is 3.76. The van der Waals surface area contributed by atoms with Crippen molar-refractivity contribution >= 4 is 29.4 Å². The van der Waals surface area contributed by atoms with Crippen LogP contribution >= 0.6 is 23.5 Å². The van der Waals surface area contributed by atoms with Gasteiger partial charge in [-0.2, -0.15) is 11.8 Å². The minimum atomic E-state index is 0.200. The van der Waals surface area contributed by atoms with E-state index in [-0.39, 0.29) is 5.25 Å². The third-order valence-corrected chi connectivity index (χ3v) is 4.96. The van der Waals surface area contributed by atoms with Crippen molar-refractivity contribution in [1.29, 1.82) is 0 Å². The predicted molar refractivity (Wildman–Crippen MR) is 61.5 cm³/mol. The number of amides is 1. The molecule has 0 spiro atoms. The molecule has 1 unspecified atom stereocenters. The van der Waals surface area contributed by atoms with Gasteiger partial charge in [0.25, 0.3) is 0 Å². The second-order valence-corrected chi connectivity index (χ2v) is 5.94. The van der Waals surface area contributed by atoms with Crippen LogP contribution in [0, 0.1) is 0 Å². The maximum Gasteiger partial charge on any atom is 0.236 e. The highest BCUT2D eigenvalue weighted by Gasteiger charge is 2.25. The molecule has 0 aromatic heterocycles. The van der Waals surface area contributed by atoms with Crippen molar-refractivity contribution in [3.05, 3.63) is 0 Å². The van der Waals surface area contributed by atoms with E-state index in [1.807, 2.05) is 23.7 Å². The molecule has 0 N–H and O–H groups in total. The monoisotopic (exact) mass is 219 g/mol. The van der Waals surface area contributed by atoms with Crippen LogP contribution in [0.1, 0.15) is 13.8 Å². The number of hydrogen-bond donors (Lipinski definition) is 0. The molecule has 1 fully saturated rings. The first-order valence-corrected chi connectivity index (χ1v) is 6.79. The molecular weight excluding hydrogens is 202 g/mol. The van der Waals surface area contributed by atoms with Crippen LogP contribution in [0.5, 0.6) is 0 Å². The van der Waals surface area contributed by atoms with E-state index >= 15 is 0 Å². The van der Waals surface area contributed by atoms with E-state index in [1.165, 1.54) is 5.75 Å². The third-order valence-electron chi connectivity index (χ3n) is 2.21. The van der Waals surface area contributed by atoms with Crippen LogP contribution in [0.15, 0.2) is 0 Å². The van der Waals surface area contributed by atoms with Gasteiger partial charge in [-0.05, 0) is 13.8 Å². The highest BCUT2D eigenvalue weighted by molar-refractivity contribution is 8.07. The molecule has 1 atom stereocenters.